The number of carboxylic acids is 1. The summed E-state index contributed by atoms with van der Waals surface area (Å²) in [7, 11) is 0. The fraction of sp³-hybridized carbons (Fsp3) is 0.600. The van der Waals surface area contributed by atoms with Crippen LogP contribution in [0.4, 0.5) is 0 Å². The normalized spacial score (nSPS) is 33.9. The second-order valence-corrected chi connectivity index (χ2v) is 4.16. The molecule has 2 bridgehead atoms. The van der Waals surface area contributed by atoms with E-state index in [-0.39, 0.29) is 23.8 Å². The molecule has 0 radical (unpaired) electrons. The molecule has 3 atom stereocenters. The summed E-state index contributed by atoms with van der Waals surface area (Å²) >= 11 is 0. The first-order valence-corrected chi connectivity index (χ1v) is 4.96. The van der Waals surface area contributed by atoms with Crippen molar-refractivity contribution in [2.75, 3.05) is 13.1 Å². The highest BCUT2D eigenvalue weighted by atomic mass is 16.4. The number of hydrogen-bond acceptors (Lipinski definition) is 3. The summed E-state index contributed by atoms with van der Waals surface area (Å²) in [6.07, 6.45) is 2.63. The van der Waals surface area contributed by atoms with E-state index < -0.39 is 5.97 Å². The molecule has 0 aromatic carbocycles. The monoisotopic (exact) mass is 211 g/mol. The van der Waals surface area contributed by atoms with E-state index in [1.165, 1.54) is 0 Å². The van der Waals surface area contributed by atoms with E-state index in [4.69, 9.17) is 5.11 Å². The summed E-state index contributed by atoms with van der Waals surface area (Å²) in [5.41, 5.74) is 0. The van der Waals surface area contributed by atoms with Gasteiger partial charge in [-0.3, -0.25) is 4.79 Å². The van der Waals surface area contributed by atoms with Crippen LogP contribution in [-0.4, -0.2) is 46.2 Å². The molecule has 0 aromatic rings. The van der Waals surface area contributed by atoms with Crippen molar-refractivity contribution in [2.45, 2.75) is 12.5 Å². The van der Waals surface area contributed by atoms with Gasteiger partial charge < -0.3 is 15.1 Å². The van der Waals surface area contributed by atoms with Crippen molar-refractivity contribution in [3.05, 3.63) is 12.2 Å². The Morgan fingerprint density at radius 2 is 1.80 bits per heavy atom. The molecule has 0 aromatic heterocycles. The van der Waals surface area contributed by atoms with Gasteiger partial charge in [0.2, 0.25) is 5.91 Å². The lowest BCUT2D eigenvalue weighted by molar-refractivity contribution is -0.146. The van der Waals surface area contributed by atoms with Crippen molar-refractivity contribution in [2.24, 2.45) is 11.8 Å². The van der Waals surface area contributed by atoms with Gasteiger partial charge in [0.25, 0.3) is 0 Å². The molecular weight excluding hydrogens is 198 g/mol. The predicted octanol–water partition coefficient (Wildman–Crippen LogP) is -0.534. The van der Waals surface area contributed by atoms with Gasteiger partial charge in [-0.15, -0.1) is 0 Å². The van der Waals surface area contributed by atoms with Crippen LogP contribution in [0.2, 0.25) is 0 Å². The zero-order valence-electron chi connectivity index (χ0n) is 8.17. The molecular formula is C10H13NO4. The maximum Gasteiger partial charge on any atom is 0.328 e. The van der Waals surface area contributed by atoms with Crippen molar-refractivity contribution in [3.8, 4) is 0 Å². The average molecular weight is 211 g/mol. The van der Waals surface area contributed by atoms with Crippen LogP contribution in [0.25, 0.3) is 0 Å². The molecule has 1 aliphatic carbocycles. The lowest BCUT2D eigenvalue weighted by Crippen LogP contribution is -2.59. The van der Waals surface area contributed by atoms with Crippen LogP contribution in [0.3, 0.4) is 0 Å². The number of amides is 1. The van der Waals surface area contributed by atoms with E-state index in [0.29, 0.717) is 13.1 Å². The Balaban J connectivity index is 1.91. The van der Waals surface area contributed by atoms with Crippen LogP contribution >= 0.6 is 0 Å². The molecule has 1 unspecified atom stereocenters. The number of aliphatic hydroxyl groups is 1. The predicted molar refractivity (Wildman–Crippen MR) is 51.0 cm³/mol. The quantitative estimate of drug-likeness (QED) is 0.602. The number of carbonyl (C=O) groups excluding carboxylic acids is 1. The van der Waals surface area contributed by atoms with E-state index in [0.717, 1.165) is 18.6 Å². The summed E-state index contributed by atoms with van der Waals surface area (Å²) in [5.74, 6) is -1.03. The van der Waals surface area contributed by atoms with Gasteiger partial charge in [0.05, 0.1) is 6.10 Å². The number of aliphatic carboxylic acids is 1. The number of rotatable bonds is 2. The largest absolute Gasteiger partial charge is 0.478 e. The highest BCUT2D eigenvalue weighted by molar-refractivity contribution is 5.94. The Morgan fingerprint density at radius 1 is 1.20 bits per heavy atom. The molecule has 3 fully saturated rings. The van der Waals surface area contributed by atoms with Gasteiger partial charge in [-0.25, -0.2) is 4.79 Å². The lowest BCUT2D eigenvalue weighted by Gasteiger charge is -2.50. The second kappa shape index (κ2) is 3.66. The molecule has 1 amide bonds. The number of aliphatic hydroxyl groups excluding tert-OH is 1. The summed E-state index contributed by atoms with van der Waals surface area (Å²) in [4.78, 5) is 23.3. The van der Waals surface area contributed by atoms with E-state index in [1.54, 1.807) is 4.90 Å². The fourth-order valence-electron chi connectivity index (χ4n) is 2.29. The standard InChI is InChI=1S/C10H13NO4/c12-8(1-2-9(13)14)11-4-6-3-7(5-11)10(6)15/h1-2,6-7,10,15H,3-5H2,(H,13,14)/b2-1+/t6-,7+,10?. The number of carbonyl (C=O) groups is 2. The van der Waals surface area contributed by atoms with Crippen LogP contribution in [-0.2, 0) is 9.59 Å². The van der Waals surface area contributed by atoms with Gasteiger partial charge in [-0.05, 0) is 6.42 Å². The molecule has 2 heterocycles. The van der Waals surface area contributed by atoms with Crippen molar-refractivity contribution >= 4 is 11.9 Å². The van der Waals surface area contributed by atoms with Crippen molar-refractivity contribution in [3.63, 3.8) is 0 Å². The molecule has 1 saturated carbocycles. The van der Waals surface area contributed by atoms with Crippen molar-refractivity contribution in [1.82, 2.24) is 4.90 Å². The van der Waals surface area contributed by atoms with E-state index in [2.05, 4.69) is 0 Å². The molecule has 15 heavy (non-hydrogen) atoms. The fourth-order valence-corrected chi connectivity index (χ4v) is 2.29. The highest BCUT2D eigenvalue weighted by Crippen LogP contribution is 2.39. The molecule has 82 valence electrons. The van der Waals surface area contributed by atoms with Gasteiger partial charge in [0, 0.05) is 37.1 Å². The number of carboxylic acid groups (broad SMARTS) is 1. The molecule has 0 spiro atoms. The van der Waals surface area contributed by atoms with Crippen LogP contribution in [0.15, 0.2) is 12.2 Å². The maximum absolute atomic E-state index is 11.5. The molecule has 3 aliphatic rings. The Morgan fingerprint density at radius 3 is 2.27 bits per heavy atom. The molecule has 2 N–H and O–H groups in total. The van der Waals surface area contributed by atoms with Crippen molar-refractivity contribution < 1.29 is 19.8 Å². The van der Waals surface area contributed by atoms with Gasteiger partial charge in [0.1, 0.15) is 0 Å². The van der Waals surface area contributed by atoms with E-state index in [1.807, 2.05) is 0 Å². The first kappa shape index (κ1) is 10.2. The van der Waals surface area contributed by atoms with Gasteiger partial charge in [-0.2, -0.15) is 0 Å². The summed E-state index contributed by atoms with van der Waals surface area (Å²) in [6.45, 7) is 1.08. The molecule has 2 aliphatic heterocycles. The first-order chi connectivity index (χ1) is 7.08. The van der Waals surface area contributed by atoms with E-state index >= 15 is 0 Å². The molecule has 5 nitrogen and oxygen atoms in total. The maximum atomic E-state index is 11.5. The minimum Gasteiger partial charge on any atom is -0.478 e. The number of piperidine rings is 2. The van der Waals surface area contributed by atoms with E-state index in [9.17, 15) is 14.7 Å². The molecule has 5 heteroatoms. The number of fused-ring (bicyclic) bond motifs is 2. The third-order valence-corrected chi connectivity index (χ3v) is 3.16. The Kier molecular flexibility index (Phi) is 2.48. The van der Waals surface area contributed by atoms with Crippen LogP contribution in [0.1, 0.15) is 6.42 Å². The zero-order chi connectivity index (χ0) is 11.0. The topological polar surface area (TPSA) is 77.8 Å². The van der Waals surface area contributed by atoms with Crippen LogP contribution in [0.5, 0.6) is 0 Å². The number of nitrogens with zero attached hydrogens (tertiary/aromatic N) is 1. The molecule has 2 saturated heterocycles. The summed E-state index contributed by atoms with van der Waals surface area (Å²) < 4.78 is 0. The van der Waals surface area contributed by atoms with Gasteiger partial charge in [-0.1, -0.05) is 0 Å². The first-order valence-electron chi connectivity index (χ1n) is 4.96. The third kappa shape index (κ3) is 1.87. The highest BCUT2D eigenvalue weighted by Gasteiger charge is 2.46. The number of hydrogen-bond donors (Lipinski definition) is 2. The lowest BCUT2D eigenvalue weighted by atomic mass is 9.68. The third-order valence-electron chi connectivity index (χ3n) is 3.16. The average Bonchev–Trinajstić information content (AvgIpc) is 2.25. The summed E-state index contributed by atoms with van der Waals surface area (Å²) in [6, 6.07) is 0. The zero-order valence-corrected chi connectivity index (χ0v) is 8.17. The van der Waals surface area contributed by atoms with Crippen LogP contribution in [0, 0.1) is 11.8 Å². The minimum atomic E-state index is -1.12. The SMILES string of the molecule is O=C(O)/C=C/C(=O)N1C[C@H]2C[C@@H](C1)C2O. The summed E-state index contributed by atoms with van der Waals surface area (Å²) in [5, 5.41) is 17.9. The van der Waals surface area contributed by atoms with Gasteiger partial charge in [0.15, 0.2) is 0 Å². The van der Waals surface area contributed by atoms with Gasteiger partial charge >= 0.3 is 5.97 Å². The smallest absolute Gasteiger partial charge is 0.328 e. The Labute approximate surface area is 87.0 Å². The van der Waals surface area contributed by atoms with Crippen LogP contribution < -0.4 is 0 Å². The van der Waals surface area contributed by atoms with Crippen molar-refractivity contribution in [1.29, 1.82) is 0 Å². The minimum absolute atomic E-state index is 0.186. The second-order valence-electron chi connectivity index (χ2n) is 4.16. The Hall–Kier alpha value is -1.36. The molecule has 3 rings (SSSR count). The Bertz CT molecular complexity index is 313.